The fourth-order valence-electron chi connectivity index (χ4n) is 4.29. The van der Waals surface area contributed by atoms with Crippen LogP contribution in [0.3, 0.4) is 0 Å². The number of carbonyl (C=O) groups is 1. The monoisotopic (exact) mass is 388 g/mol. The van der Waals surface area contributed by atoms with Crippen LogP contribution >= 0.6 is 0 Å². The number of phenolic OH excluding ortho intramolecular Hbond substituents is 1. The van der Waals surface area contributed by atoms with Gasteiger partial charge in [-0.25, -0.2) is 0 Å². The third-order valence-electron chi connectivity index (χ3n) is 5.91. The molecule has 1 fully saturated rings. The van der Waals surface area contributed by atoms with Gasteiger partial charge in [-0.2, -0.15) is 0 Å². The summed E-state index contributed by atoms with van der Waals surface area (Å²) in [5.74, 6) is 0.886. The SMILES string of the molecule is Cc1ccc2c(c1)C(/C=C1\Oc3c(ccc(O)c3CN3CCNCC3)C1=O)=CC2. The summed E-state index contributed by atoms with van der Waals surface area (Å²) >= 11 is 0. The molecular formula is C24H24N2O3. The van der Waals surface area contributed by atoms with E-state index >= 15 is 0 Å². The molecular weight excluding hydrogens is 364 g/mol. The van der Waals surface area contributed by atoms with Crippen LogP contribution in [0, 0.1) is 6.92 Å². The van der Waals surface area contributed by atoms with Crippen molar-refractivity contribution in [3.63, 3.8) is 0 Å². The quantitative estimate of drug-likeness (QED) is 0.791. The first-order valence-electron chi connectivity index (χ1n) is 10.1. The van der Waals surface area contributed by atoms with E-state index in [2.05, 4.69) is 41.4 Å². The van der Waals surface area contributed by atoms with Crippen molar-refractivity contribution in [1.29, 1.82) is 0 Å². The summed E-state index contributed by atoms with van der Waals surface area (Å²) in [4.78, 5) is 15.3. The highest BCUT2D eigenvalue weighted by Crippen LogP contribution is 2.41. The molecule has 148 valence electrons. The number of fused-ring (bicyclic) bond motifs is 2. The van der Waals surface area contributed by atoms with Gasteiger partial charge in [0.15, 0.2) is 5.76 Å². The number of carbonyl (C=O) groups excluding carboxylic acids is 1. The molecule has 5 rings (SSSR count). The molecule has 5 nitrogen and oxygen atoms in total. The smallest absolute Gasteiger partial charge is 0.231 e. The highest BCUT2D eigenvalue weighted by atomic mass is 16.5. The van der Waals surface area contributed by atoms with Crippen molar-refractivity contribution in [2.45, 2.75) is 19.9 Å². The minimum absolute atomic E-state index is 0.122. The Kier molecular flexibility index (Phi) is 4.49. The average molecular weight is 388 g/mol. The predicted octanol–water partition coefficient (Wildman–Crippen LogP) is 3.20. The molecule has 0 spiro atoms. The summed E-state index contributed by atoms with van der Waals surface area (Å²) in [6.07, 6.45) is 4.85. The predicted molar refractivity (Wildman–Crippen MR) is 112 cm³/mol. The molecule has 2 aromatic carbocycles. The van der Waals surface area contributed by atoms with Crippen LogP contribution < -0.4 is 10.1 Å². The summed E-state index contributed by atoms with van der Waals surface area (Å²) in [6, 6.07) is 9.67. The van der Waals surface area contributed by atoms with Gasteiger partial charge in [0, 0.05) is 32.7 Å². The molecule has 0 unspecified atom stereocenters. The second-order valence-electron chi connectivity index (χ2n) is 7.93. The summed E-state index contributed by atoms with van der Waals surface area (Å²) in [6.45, 7) is 6.30. The molecule has 3 aliphatic rings. The summed E-state index contributed by atoms with van der Waals surface area (Å²) in [5, 5.41) is 13.8. The van der Waals surface area contributed by atoms with Gasteiger partial charge in [0.05, 0.1) is 11.1 Å². The topological polar surface area (TPSA) is 61.8 Å². The van der Waals surface area contributed by atoms with E-state index in [4.69, 9.17) is 4.74 Å². The normalized spacial score (nSPS) is 19.8. The lowest BCUT2D eigenvalue weighted by molar-refractivity contribution is 0.101. The van der Waals surface area contributed by atoms with Gasteiger partial charge in [0.1, 0.15) is 11.5 Å². The van der Waals surface area contributed by atoms with Crippen molar-refractivity contribution in [3.05, 3.63) is 76.1 Å². The number of phenols is 1. The van der Waals surface area contributed by atoms with E-state index in [1.165, 1.54) is 11.1 Å². The molecule has 0 amide bonds. The molecule has 2 N–H and O–H groups in total. The van der Waals surface area contributed by atoms with Crippen molar-refractivity contribution in [1.82, 2.24) is 10.2 Å². The number of piperazine rings is 1. The van der Waals surface area contributed by atoms with Crippen molar-refractivity contribution in [2.75, 3.05) is 26.2 Å². The molecule has 0 atom stereocenters. The summed E-state index contributed by atoms with van der Waals surface area (Å²) in [5.41, 5.74) is 5.86. The maximum atomic E-state index is 13.0. The molecule has 0 saturated carbocycles. The summed E-state index contributed by atoms with van der Waals surface area (Å²) < 4.78 is 6.05. The van der Waals surface area contributed by atoms with Crippen LogP contribution in [0.1, 0.15) is 32.6 Å². The van der Waals surface area contributed by atoms with Gasteiger partial charge in [-0.05, 0) is 48.3 Å². The molecule has 2 heterocycles. The fourth-order valence-corrected chi connectivity index (χ4v) is 4.29. The van der Waals surface area contributed by atoms with Crippen molar-refractivity contribution >= 4 is 11.4 Å². The molecule has 1 saturated heterocycles. The van der Waals surface area contributed by atoms with Gasteiger partial charge in [-0.15, -0.1) is 0 Å². The highest BCUT2D eigenvalue weighted by molar-refractivity contribution is 6.14. The van der Waals surface area contributed by atoms with E-state index in [9.17, 15) is 9.90 Å². The molecule has 2 aromatic rings. The van der Waals surface area contributed by atoms with E-state index in [-0.39, 0.29) is 11.5 Å². The van der Waals surface area contributed by atoms with E-state index in [0.29, 0.717) is 29.2 Å². The van der Waals surface area contributed by atoms with E-state index in [1.54, 1.807) is 12.1 Å². The van der Waals surface area contributed by atoms with Gasteiger partial charge in [0.2, 0.25) is 5.78 Å². The molecule has 0 aromatic heterocycles. The second kappa shape index (κ2) is 7.17. The van der Waals surface area contributed by atoms with Crippen molar-refractivity contribution < 1.29 is 14.6 Å². The lowest BCUT2D eigenvalue weighted by atomic mass is 10.0. The Morgan fingerprint density at radius 3 is 2.83 bits per heavy atom. The molecule has 5 heteroatoms. The molecule has 1 aliphatic carbocycles. The number of aromatic hydroxyl groups is 1. The van der Waals surface area contributed by atoms with Crippen molar-refractivity contribution in [3.8, 4) is 11.5 Å². The number of benzene rings is 2. The molecule has 0 radical (unpaired) electrons. The third-order valence-corrected chi connectivity index (χ3v) is 5.91. The van der Waals surface area contributed by atoms with Crippen LogP contribution in [0.25, 0.3) is 5.57 Å². The minimum atomic E-state index is -0.122. The van der Waals surface area contributed by atoms with Crippen LogP contribution in [0.2, 0.25) is 0 Å². The maximum absolute atomic E-state index is 13.0. The number of nitrogens with one attached hydrogen (secondary N) is 1. The zero-order valence-electron chi connectivity index (χ0n) is 16.5. The van der Waals surface area contributed by atoms with Gasteiger partial charge < -0.3 is 15.2 Å². The van der Waals surface area contributed by atoms with Crippen LogP contribution in [0.15, 0.2) is 48.2 Å². The van der Waals surface area contributed by atoms with E-state index in [1.807, 2.05) is 6.08 Å². The number of Topliss-reactive ketones (excluding diaryl/α,β-unsaturated/α-hetero) is 1. The number of hydrogen-bond acceptors (Lipinski definition) is 5. The Bertz CT molecular complexity index is 1060. The van der Waals surface area contributed by atoms with E-state index < -0.39 is 0 Å². The maximum Gasteiger partial charge on any atom is 0.231 e. The van der Waals surface area contributed by atoms with Crippen LogP contribution in [-0.4, -0.2) is 42.0 Å². The molecule has 0 bridgehead atoms. The van der Waals surface area contributed by atoms with Gasteiger partial charge in [0.25, 0.3) is 0 Å². The number of aryl methyl sites for hydroxylation is 1. The zero-order chi connectivity index (χ0) is 20.0. The fraction of sp³-hybridized carbons (Fsp3) is 0.292. The first-order chi connectivity index (χ1) is 14.1. The highest BCUT2D eigenvalue weighted by Gasteiger charge is 2.32. The van der Waals surface area contributed by atoms with Gasteiger partial charge in [-0.3, -0.25) is 9.69 Å². The average Bonchev–Trinajstić information content (AvgIpc) is 3.26. The van der Waals surface area contributed by atoms with Crippen molar-refractivity contribution in [2.24, 2.45) is 0 Å². The Labute approximate surface area is 170 Å². The van der Waals surface area contributed by atoms with E-state index in [0.717, 1.165) is 43.7 Å². The summed E-state index contributed by atoms with van der Waals surface area (Å²) in [7, 11) is 0. The number of nitrogens with zero attached hydrogens (tertiary/aromatic N) is 1. The lowest BCUT2D eigenvalue weighted by Gasteiger charge is -2.27. The lowest BCUT2D eigenvalue weighted by Crippen LogP contribution is -2.42. The Balaban J connectivity index is 1.46. The third kappa shape index (κ3) is 3.26. The standard InChI is InChI=1S/C24H24N2O3/c1-15-2-3-16-4-5-17(19(16)12-15)13-22-23(28)18-6-7-21(27)20(24(18)29-22)14-26-10-8-25-9-11-26/h2-3,5-7,12-13,25,27H,4,8-11,14H2,1H3/b22-13-. The Morgan fingerprint density at radius 2 is 2.00 bits per heavy atom. The Morgan fingerprint density at radius 1 is 1.17 bits per heavy atom. The van der Waals surface area contributed by atoms with Gasteiger partial charge >= 0.3 is 0 Å². The van der Waals surface area contributed by atoms with Gasteiger partial charge in [-0.1, -0.05) is 29.8 Å². The number of ketones is 1. The number of hydrogen-bond donors (Lipinski definition) is 2. The van der Waals surface area contributed by atoms with Crippen LogP contribution in [0.4, 0.5) is 0 Å². The van der Waals surface area contributed by atoms with Crippen LogP contribution in [-0.2, 0) is 13.0 Å². The second-order valence-corrected chi connectivity index (χ2v) is 7.93. The van der Waals surface area contributed by atoms with Crippen LogP contribution in [0.5, 0.6) is 11.5 Å². The first-order valence-corrected chi connectivity index (χ1v) is 10.1. The number of allylic oxidation sites excluding steroid dienone is 4. The minimum Gasteiger partial charge on any atom is -0.507 e. The molecule has 29 heavy (non-hydrogen) atoms. The first kappa shape index (κ1) is 18.2. The zero-order valence-corrected chi connectivity index (χ0v) is 16.5. The number of ether oxygens (including phenoxy) is 1. The Hall–Kier alpha value is -2.89. The molecule has 2 aliphatic heterocycles. The largest absolute Gasteiger partial charge is 0.507 e. The number of rotatable bonds is 3.